The standard InChI is InChI=1S/C14H17NOS/c1-11-5-2-3-6-12(11)10-17-14(9-15)13-7-4-8-16-13/h2-8,14H,9-10,15H2,1H3. The summed E-state index contributed by atoms with van der Waals surface area (Å²) in [6.45, 7) is 2.74. The lowest BCUT2D eigenvalue weighted by molar-refractivity contribution is 0.507. The maximum Gasteiger partial charge on any atom is 0.118 e. The van der Waals surface area contributed by atoms with Crippen molar-refractivity contribution in [2.75, 3.05) is 6.54 Å². The molecule has 90 valence electrons. The second-order valence-electron chi connectivity index (χ2n) is 3.98. The van der Waals surface area contributed by atoms with Gasteiger partial charge in [-0.25, -0.2) is 0 Å². The van der Waals surface area contributed by atoms with Crippen LogP contribution in [-0.4, -0.2) is 6.54 Å². The maximum atomic E-state index is 5.79. The van der Waals surface area contributed by atoms with Gasteiger partial charge in [0.2, 0.25) is 0 Å². The van der Waals surface area contributed by atoms with Crippen LogP contribution in [0, 0.1) is 6.92 Å². The van der Waals surface area contributed by atoms with Crippen LogP contribution >= 0.6 is 11.8 Å². The first-order valence-electron chi connectivity index (χ1n) is 5.71. The molecule has 0 aliphatic heterocycles. The summed E-state index contributed by atoms with van der Waals surface area (Å²) in [6, 6.07) is 12.3. The first kappa shape index (κ1) is 12.3. The van der Waals surface area contributed by atoms with Crippen molar-refractivity contribution in [3.8, 4) is 0 Å². The fourth-order valence-corrected chi connectivity index (χ4v) is 2.84. The molecule has 17 heavy (non-hydrogen) atoms. The lowest BCUT2D eigenvalue weighted by Gasteiger charge is -2.12. The molecular weight excluding hydrogens is 230 g/mol. The Morgan fingerprint density at radius 1 is 1.24 bits per heavy atom. The molecule has 3 heteroatoms. The van der Waals surface area contributed by atoms with Gasteiger partial charge in [-0.1, -0.05) is 24.3 Å². The topological polar surface area (TPSA) is 39.2 Å². The van der Waals surface area contributed by atoms with E-state index in [9.17, 15) is 0 Å². The molecule has 1 heterocycles. The van der Waals surface area contributed by atoms with Gasteiger partial charge < -0.3 is 10.2 Å². The van der Waals surface area contributed by atoms with E-state index >= 15 is 0 Å². The molecule has 1 unspecified atom stereocenters. The zero-order valence-corrected chi connectivity index (χ0v) is 10.7. The molecule has 1 aromatic carbocycles. The quantitative estimate of drug-likeness (QED) is 0.878. The molecule has 1 aromatic heterocycles. The summed E-state index contributed by atoms with van der Waals surface area (Å²) in [5.74, 6) is 1.93. The molecule has 2 N–H and O–H groups in total. The van der Waals surface area contributed by atoms with E-state index in [4.69, 9.17) is 10.2 Å². The first-order valence-corrected chi connectivity index (χ1v) is 6.75. The van der Waals surface area contributed by atoms with E-state index in [2.05, 4.69) is 31.2 Å². The number of rotatable bonds is 5. The Balaban J connectivity index is 2.00. The molecule has 0 aliphatic rings. The van der Waals surface area contributed by atoms with Crippen molar-refractivity contribution in [2.24, 2.45) is 5.73 Å². The van der Waals surface area contributed by atoms with Crippen molar-refractivity contribution in [1.82, 2.24) is 0 Å². The summed E-state index contributed by atoms with van der Waals surface area (Å²) < 4.78 is 5.40. The fourth-order valence-electron chi connectivity index (χ4n) is 1.70. The number of nitrogens with two attached hydrogens (primary N) is 1. The Morgan fingerprint density at radius 2 is 2.06 bits per heavy atom. The zero-order valence-electron chi connectivity index (χ0n) is 9.93. The van der Waals surface area contributed by atoms with Gasteiger partial charge in [-0.05, 0) is 30.2 Å². The van der Waals surface area contributed by atoms with Crippen LogP contribution in [0.4, 0.5) is 0 Å². The molecular formula is C14H17NOS. The highest BCUT2D eigenvalue weighted by Gasteiger charge is 2.13. The highest BCUT2D eigenvalue weighted by Crippen LogP contribution is 2.31. The Morgan fingerprint density at radius 3 is 2.71 bits per heavy atom. The zero-order chi connectivity index (χ0) is 12.1. The van der Waals surface area contributed by atoms with E-state index < -0.39 is 0 Å². The van der Waals surface area contributed by atoms with Gasteiger partial charge in [0.25, 0.3) is 0 Å². The second-order valence-corrected chi connectivity index (χ2v) is 5.17. The van der Waals surface area contributed by atoms with E-state index in [-0.39, 0.29) is 5.25 Å². The molecule has 0 saturated carbocycles. The summed E-state index contributed by atoms with van der Waals surface area (Å²) in [5.41, 5.74) is 8.48. The van der Waals surface area contributed by atoms with Crippen molar-refractivity contribution < 1.29 is 4.42 Å². The van der Waals surface area contributed by atoms with Crippen LogP contribution in [0.1, 0.15) is 22.1 Å². The van der Waals surface area contributed by atoms with Gasteiger partial charge in [0.05, 0.1) is 11.5 Å². The SMILES string of the molecule is Cc1ccccc1CSC(CN)c1ccco1. The Bertz CT molecular complexity index is 453. The lowest BCUT2D eigenvalue weighted by Crippen LogP contribution is -2.09. The summed E-state index contributed by atoms with van der Waals surface area (Å²) in [5, 5.41) is 0.240. The molecule has 0 radical (unpaired) electrons. The van der Waals surface area contributed by atoms with Gasteiger partial charge in [-0.3, -0.25) is 0 Å². The molecule has 0 aliphatic carbocycles. The molecule has 0 amide bonds. The molecule has 1 atom stereocenters. The average molecular weight is 247 g/mol. The number of aryl methyl sites for hydroxylation is 1. The van der Waals surface area contributed by atoms with E-state index in [1.54, 1.807) is 6.26 Å². The van der Waals surface area contributed by atoms with Crippen molar-refractivity contribution in [3.63, 3.8) is 0 Å². The molecule has 0 spiro atoms. The minimum absolute atomic E-state index is 0.240. The predicted octanol–water partition coefficient (Wildman–Crippen LogP) is 3.52. The van der Waals surface area contributed by atoms with Crippen molar-refractivity contribution in [3.05, 3.63) is 59.5 Å². The number of thioether (sulfide) groups is 1. The summed E-state index contributed by atoms with van der Waals surface area (Å²) in [6.07, 6.45) is 1.70. The highest BCUT2D eigenvalue weighted by atomic mass is 32.2. The van der Waals surface area contributed by atoms with Crippen molar-refractivity contribution in [1.29, 1.82) is 0 Å². The number of hydrogen-bond donors (Lipinski definition) is 1. The van der Waals surface area contributed by atoms with Crippen LogP contribution in [-0.2, 0) is 5.75 Å². The van der Waals surface area contributed by atoms with E-state index in [1.165, 1.54) is 11.1 Å². The minimum Gasteiger partial charge on any atom is -0.468 e. The van der Waals surface area contributed by atoms with Gasteiger partial charge in [0, 0.05) is 12.3 Å². The van der Waals surface area contributed by atoms with Crippen molar-refractivity contribution in [2.45, 2.75) is 17.9 Å². The van der Waals surface area contributed by atoms with Gasteiger partial charge in [-0.15, -0.1) is 11.8 Å². The van der Waals surface area contributed by atoms with Gasteiger partial charge >= 0.3 is 0 Å². The summed E-state index contributed by atoms with van der Waals surface area (Å²) >= 11 is 1.83. The van der Waals surface area contributed by atoms with Crippen LogP contribution in [0.15, 0.2) is 47.1 Å². The second kappa shape index (κ2) is 5.94. The van der Waals surface area contributed by atoms with E-state index in [0.717, 1.165) is 11.5 Å². The van der Waals surface area contributed by atoms with Crippen LogP contribution in [0.25, 0.3) is 0 Å². The Kier molecular flexibility index (Phi) is 4.29. The van der Waals surface area contributed by atoms with E-state index in [0.29, 0.717) is 6.54 Å². The van der Waals surface area contributed by atoms with Gasteiger partial charge in [0.15, 0.2) is 0 Å². The normalized spacial score (nSPS) is 12.6. The molecule has 2 aromatic rings. The van der Waals surface area contributed by atoms with Crippen LogP contribution in [0.2, 0.25) is 0 Å². The minimum atomic E-state index is 0.240. The average Bonchev–Trinajstić information content (AvgIpc) is 2.86. The molecule has 0 fully saturated rings. The van der Waals surface area contributed by atoms with E-state index in [1.807, 2.05) is 23.9 Å². The fraction of sp³-hybridized carbons (Fsp3) is 0.286. The highest BCUT2D eigenvalue weighted by molar-refractivity contribution is 7.98. The lowest BCUT2D eigenvalue weighted by atomic mass is 10.1. The van der Waals surface area contributed by atoms with Crippen LogP contribution < -0.4 is 5.73 Å². The maximum absolute atomic E-state index is 5.79. The first-order chi connectivity index (χ1) is 8.31. The third-order valence-corrected chi connectivity index (χ3v) is 4.08. The predicted molar refractivity (Wildman–Crippen MR) is 73.0 cm³/mol. The summed E-state index contributed by atoms with van der Waals surface area (Å²) in [7, 11) is 0. The van der Waals surface area contributed by atoms with Gasteiger partial charge in [0.1, 0.15) is 5.76 Å². The molecule has 0 saturated heterocycles. The van der Waals surface area contributed by atoms with Crippen LogP contribution in [0.5, 0.6) is 0 Å². The Labute approximate surface area is 106 Å². The number of hydrogen-bond acceptors (Lipinski definition) is 3. The molecule has 2 rings (SSSR count). The number of furan rings is 1. The van der Waals surface area contributed by atoms with Crippen molar-refractivity contribution >= 4 is 11.8 Å². The largest absolute Gasteiger partial charge is 0.468 e. The van der Waals surface area contributed by atoms with Gasteiger partial charge in [-0.2, -0.15) is 0 Å². The monoisotopic (exact) mass is 247 g/mol. The van der Waals surface area contributed by atoms with Crippen LogP contribution in [0.3, 0.4) is 0 Å². The Hall–Kier alpha value is -1.19. The number of benzene rings is 1. The third kappa shape index (κ3) is 3.14. The summed E-state index contributed by atoms with van der Waals surface area (Å²) in [4.78, 5) is 0. The smallest absolute Gasteiger partial charge is 0.118 e. The molecule has 2 nitrogen and oxygen atoms in total. The molecule has 0 bridgehead atoms. The third-order valence-electron chi connectivity index (χ3n) is 2.78.